The Kier molecular flexibility index (Phi) is 4.05. The second kappa shape index (κ2) is 6.01. The Bertz CT molecular complexity index is 807. The van der Waals surface area contributed by atoms with Gasteiger partial charge in [0, 0.05) is 10.0 Å². The molecule has 5 heteroatoms. The van der Waals surface area contributed by atoms with Gasteiger partial charge in [0.15, 0.2) is 0 Å². The lowest BCUT2D eigenvalue weighted by Crippen LogP contribution is -2.21. The Hall–Kier alpha value is -2.40. The molecule has 3 rings (SSSR count). The average Bonchev–Trinajstić information content (AvgIpc) is 2.84. The molecular formula is C18H14BrNO3. The smallest absolute Gasteiger partial charge is 0.293 e. The van der Waals surface area contributed by atoms with Crippen LogP contribution in [0.1, 0.15) is 22.7 Å². The SMILES string of the molecule is Cc1ccc(C2NC(=O)C(=O)/C2=C(\O)c2ccc(Br)cc2)cc1. The van der Waals surface area contributed by atoms with Crippen LogP contribution in [0.2, 0.25) is 0 Å². The van der Waals surface area contributed by atoms with Crippen LogP contribution in [0.15, 0.2) is 58.6 Å². The minimum absolute atomic E-state index is 0.0844. The predicted octanol–water partition coefficient (Wildman–Crippen LogP) is 3.47. The normalized spacial score (nSPS) is 19.7. The van der Waals surface area contributed by atoms with Gasteiger partial charge in [-0.2, -0.15) is 0 Å². The summed E-state index contributed by atoms with van der Waals surface area (Å²) in [7, 11) is 0. The van der Waals surface area contributed by atoms with Crippen LogP contribution >= 0.6 is 15.9 Å². The molecule has 1 aliphatic rings. The van der Waals surface area contributed by atoms with Gasteiger partial charge in [0.25, 0.3) is 11.7 Å². The first kappa shape index (κ1) is 15.5. The second-order valence-corrected chi connectivity index (χ2v) is 6.33. The zero-order valence-corrected chi connectivity index (χ0v) is 13.9. The van der Waals surface area contributed by atoms with E-state index in [1.807, 2.05) is 31.2 Å². The maximum atomic E-state index is 12.2. The number of amides is 1. The second-order valence-electron chi connectivity index (χ2n) is 5.42. The summed E-state index contributed by atoms with van der Waals surface area (Å²) in [6.07, 6.45) is 0. The van der Waals surface area contributed by atoms with Crippen LogP contribution in [-0.2, 0) is 9.59 Å². The van der Waals surface area contributed by atoms with Crippen LogP contribution in [0.4, 0.5) is 0 Å². The van der Waals surface area contributed by atoms with E-state index < -0.39 is 17.7 Å². The lowest BCUT2D eigenvalue weighted by atomic mass is 9.95. The molecule has 2 N–H and O–H groups in total. The van der Waals surface area contributed by atoms with E-state index in [4.69, 9.17) is 0 Å². The van der Waals surface area contributed by atoms with Crippen molar-refractivity contribution in [2.24, 2.45) is 0 Å². The number of nitrogens with one attached hydrogen (secondary N) is 1. The fourth-order valence-electron chi connectivity index (χ4n) is 2.54. The molecule has 1 saturated heterocycles. The summed E-state index contributed by atoms with van der Waals surface area (Å²) in [5.41, 5.74) is 2.41. The largest absolute Gasteiger partial charge is 0.507 e. The quantitative estimate of drug-likeness (QED) is 0.482. The van der Waals surface area contributed by atoms with Gasteiger partial charge in [-0.25, -0.2) is 0 Å². The number of carbonyl (C=O) groups is 2. The number of benzene rings is 2. The van der Waals surface area contributed by atoms with E-state index in [1.165, 1.54) is 0 Å². The van der Waals surface area contributed by atoms with Crippen LogP contribution in [0.3, 0.4) is 0 Å². The minimum atomic E-state index is -0.700. The molecule has 2 aromatic rings. The third-order valence-corrected chi connectivity index (χ3v) is 4.33. The Morgan fingerprint density at radius 3 is 2.26 bits per heavy atom. The molecule has 0 aromatic heterocycles. The predicted molar refractivity (Wildman–Crippen MR) is 90.8 cm³/mol. The van der Waals surface area contributed by atoms with Gasteiger partial charge in [-0.1, -0.05) is 57.9 Å². The zero-order valence-electron chi connectivity index (χ0n) is 12.3. The highest BCUT2D eigenvalue weighted by atomic mass is 79.9. The van der Waals surface area contributed by atoms with Crippen molar-refractivity contribution in [3.05, 3.63) is 75.3 Å². The van der Waals surface area contributed by atoms with E-state index in [9.17, 15) is 14.7 Å². The molecular weight excluding hydrogens is 358 g/mol. The Morgan fingerprint density at radius 2 is 1.65 bits per heavy atom. The van der Waals surface area contributed by atoms with Crippen LogP contribution in [0.25, 0.3) is 5.76 Å². The summed E-state index contributed by atoms with van der Waals surface area (Å²) in [5, 5.41) is 13.2. The molecule has 1 fully saturated rings. The van der Waals surface area contributed by atoms with Crippen LogP contribution in [0, 0.1) is 6.92 Å². The molecule has 2 aromatic carbocycles. The molecule has 1 heterocycles. The van der Waals surface area contributed by atoms with E-state index in [0.29, 0.717) is 5.56 Å². The molecule has 4 nitrogen and oxygen atoms in total. The zero-order chi connectivity index (χ0) is 16.6. The molecule has 1 aliphatic heterocycles. The summed E-state index contributed by atoms with van der Waals surface area (Å²) < 4.78 is 0.862. The fourth-order valence-corrected chi connectivity index (χ4v) is 2.80. The number of carbonyl (C=O) groups excluding carboxylic acids is 2. The van der Waals surface area contributed by atoms with E-state index in [1.54, 1.807) is 24.3 Å². The first-order valence-corrected chi connectivity index (χ1v) is 7.87. The van der Waals surface area contributed by atoms with Crippen molar-refractivity contribution < 1.29 is 14.7 Å². The van der Waals surface area contributed by atoms with Gasteiger partial charge in [0.1, 0.15) is 5.76 Å². The maximum absolute atomic E-state index is 12.2. The molecule has 0 saturated carbocycles. The number of aryl methyl sites for hydroxylation is 1. The Morgan fingerprint density at radius 1 is 1.04 bits per heavy atom. The standard InChI is InChI=1S/C18H14BrNO3/c1-10-2-4-11(5-3-10)15-14(17(22)18(23)20-15)16(21)12-6-8-13(19)9-7-12/h2-9,15,21H,1H3,(H,20,23)/b16-14-. The van der Waals surface area contributed by atoms with Gasteiger partial charge in [-0.05, 0) is 24.6 Å². The summed E-state index contributed by atoms with van der Waals surface area (Å²) in [6, 6.07) is 13.8. The van der Waals surface area contributed by atoms with Crippen molar-refractivity contribution in [1.82, 2.24) is 5.32 Å². The molecule has 0 bridgehead atoms. The molecule has 1 amide bonds. The third kappa shape index (κ3) is 2.92. The molecule has 1 unspecified atom stereocenters. The number of aliphatic hydroxyl groups excluding tert-OH is 1. The lowest BCUT2D eigenvalue weighted by molar-refractivity contribution is -0.133. The molecule has 0 aliphatic carbocycles. The van der Waals surface area contributed by atoms with Crippen LogP contribution < -0.4 is 5.32 Å². The van der Waals surface area contributed by atoms with Gasteiger partial charge in [0.05, 0.1) is 11.6 Å². The van der Waals surface area contributed by atoms with Gasteiger partial charge in [0.2, 0.25) is 0 Å². The van der Waals surface area contributed by atoms with E-state index >= 15 is 0 Å². The number of hydrogen-bond donors (Lipinski definition) is 2. The minimum Gasteiger partial charge on any atom is -0.507 e. The van der Waals surface area contributed by atoms with Crippen molar-refractivity contribution in [1.29, 1.82) is 0 Å². The summed E-state index contributed by atoms with van der Waals surface area (Å²) in [4.78, 5) is 24.0. The number of hydrogen-bond acceptors (Lipinski definition) is 3. The van der Waals surface area contributed by atoms with Crippen LogP contribution in [-0.4, -0.2) is 16.8 Å². The van der Waals surface area contributed by atoms with Gasteiger partial charge in [-0.3, -0.25) is 9.59 Å². The number of ketones is 1. The fraction of sp³-hybridized carbons (Fsp3) is 0.111. The highest BCUT2D eigenvalue weighted by molar-refractivity contribution is 9.10. The summed E-state index contributed by atoms with van der Waals surface area (Å²) in [6.45, 7) is 1.96. The lowest BCUT2D eigenvalue weighted by Gasteiger charge is -2.14. The van der Waals surface area contributed by atoms with E-state index in [0.717, 1.165) is 15.6 Å². The van der Waals surface area contributed by atoms with Crippen molar-refractivity contribution in [2.45, 2.75) is 13.0 Å². The number of Topliss-reactive ketones (excluding diaryl/α,β-unsaturated/α-hetero) is 1. The molecule has 0 radical (unpaired) electrons. The third-order valence-electron chi connectivity index (χ3n) is 3.80. The molecule has 0 spiro atoms. The van der Waals surface area contributed by atoms with Crippen molar-refractivity contribution >= 4 is 33.4 Å². The van der Waals surface area contributed by atoms with Gasteiger partial charge in [-0.15, -0.1) is 0 Å². The summed E-state index contributed by atoms with van der Waals surface area (Å²) in [5.74, 6) is -1.57. The van der Waals surface area contributed by atoms with E-state index in [2.05, 4.69) is 21.2 Å². The highest BCUT2D eigenvalue weighted by Gasteiger charge is 2.39. The molecule has 23 heavy (non-hydrogen) atoms. The maximum Gasteiger partial charge on any atom is 0.293 e. The van der Waals surface area contributed by atoms with Crippen molar-refractivity contribution in [3.63, 3.8) is 0 Å². The van der Waals surface area contributed by atoms with Gasteiger partial charge >= 0.3 is 0 Å². The topological polar surface area (TPSA) is 66.4 Å². The Balaban J connectivity index is 2.10. The van der Waals surface area contributed by atoms with Crippen LogP contribution in [0.5, 0.6) is 0 Å². The number of rotatable bonds is 2. The first-order chi connectivity index (χ1) is 11.0. The molecule has 116 valence electrons. The van der Waals surface area contributed by atoms with Gasteiger partial charge < -0.3 is 10.4 Å². The monoisotopic (exact) mass is 371 g/mol. The number of halogens is 1. The number of aliphatic hydroxyl groups is 1. The first-order valence-electron chi connectivity index (χ1n) is 7.08. The average molecular weight is 372 g/mol. The highest BCUT2D eigenvalue weighted by Crippen LogP contribution is 2.33. The Labute approximate surface area is 142 Å². The van der Waals surface area contributed by atoms with E-state index in [-0.39, 0.29) is 11.3 Å². The van der Waals surface area contributed by atoms with Crippen molar-refractivity contribution in [2.75, 3.05) is 0 Å². The summed E-state index contributed by atoms with van der Waals surface area (Å²) >= 11 is 3.32. The molecule has 1 atom stereocenters. The van der Waals surface area contributed by atoms with Crippen molar-refractivity contribution in [3.8, 4) is 0 Å².